The largest absolute Gasteiger partial charge is 0.338 e. The topological polar surface area (TPSA) is 32.3 Å². The van der Waals surface area contributed by atoms with Crippen molar-refractivity contribution in [2.45, 2.75) is 57.5 Å². The van der Waals surface area contributed by atoms with Gasteiger partial charge in [0.05, 0.1) is 0 Å². The first-order chi connectivity index (χ1) is 7.09. The molecule has 2 rings (SSSR count). The van der Waals surface area contributed by atoms with E-state index in [0.29, 0.717) is 18.4 Å². The number of carbonyl (C=O) groups is 1. The quantitative estimate of drug-likeness (QED) is 0.749. The van der Waals surface area contributed by atoms with Crippen molar-refractivity contribution in [3.8, 4) is 0 Å². The molecule has 0 spiro atoms. The van der Waals surface area contributed by atoms with Gasteiger partial charge in [-0.3, -0.25) is 4.79 Å². The van der Waals surface area contributed by atoms with Crippen LogP contribution < -0.4 is 5.32 Å². The molecule has 0 aliphatic carbocycles. The third kappa shape index (κ3) is 2.33. The molecule has 1 N–H and O–H groups in total. The maximum Gasteiger partial charge on any atom is 0.224 e. The third-order valence-corrected chi connectivity index (χ3v) is 3.79. The maximum atomic E-state index is 12.1. The molecule has 2 heterocycles. The number of hydrogen-bond donors (Lipinski definition) is 1. The zero-order valence-corrected chi connectivity index (χ0v) is 9.88. The second-order valence-electron chi connectivity index (χ2n) is 5.46. The lowest BCUT2D eigenvalue weighted by atomic mass is 10.0. The standard InChI is InChI=1S/C12H22N2O/c1-12(2)6-4-8-14(12)11(15)9-10-5-3-7-13-10/h10,13H,3-9H2,1-2H3. The van der Waals surface area contributed by atoms with Gasteiger partial charge in [-0.05, 0) is 46.1 Å². The van der Waals surface area contributed by atoms with Gasteiger partial charge in [-0.15, -0.1) is 0 Å². The van der Waals surface area contributed by atoms with Crippen LogP contribution in [0.2, 0.25) is 0 Å². The van der Waals surface area contributed by atoms with Gasteiger partial charge < -0.3 is 10.2 Å². The number of carbonyl (C=O) groups excluding carboxylic acids is 1. The first-order valence-corrected chi connectivity index (χ1v) is 6.13. The Morgan fingerprint density at radius 1 is 1.47 bits per heavy atom. The summed E-state index contributed by atoms with van der Waals surface area (Å²) in [6.45, 7) is 6.40. The first kappa shape index (κ1) is 10.9. The normalized spacial score (nSPS) is 29.7. The minimum Gasteiger partial charge on any atom is -0.338 e. The molecule has 1 amide bonds. The molecule has 15 heavy (non-hydrogen) atoms. The fraction of sp³-hybridized carbons (Fsp3) is 0.917. The Labute approximate surface area is 92.2 Å². The van der Waals surface area contributed by atoms with Crippen molar-refractivity contribution in [3.05, 3.63) is 0 Å². The van der Waals surface area contributed by atoms with E-state index < -0.39 is 0 Å². The molecule has 0 radical (unpaired) electrons. The summed E-state index contributed by atoms with van der Waals surface area (Å²) < 4.78 is 0. The van der Waals surface area contributed by atoms with Gasteiger partial charge >= 0.3 is 0 Å². The van der Waals surface area contributed by atoms with Crippen molar-refractivity contribution in [1.82, 2.24) is 10.2 Å². The predicted molar refractivity (Wildman–Crippen MR) is 60.7 cm³/mol. The molecule has 2 aliphatic rings. The van der Waals surface area contributed by atoms with E-state index in [1.165, 1.54) is 12.8 Å². The van der Waals surface area contributed by atoms with Gasteiger partial charge in [0.1, 0.15) is 0 Å². The monoisotopic (exact) mass is 210 g/mol. The molecule has 2 aliphatic heterocycles. The minimum absolute atomic E-state index is 0.0929. The molecule has 0 aromatic heterocycles. The van der Waals surface area contributed by atoms with Crippen molar-refractivity contribution in [3.63, 3.8) is 0 Å². The zero-order chi connectivity index (χ0) is 10.9. The highest BCUT2D eigenvalue weighted by molar-refractivity contribution is 5.78. The number of likely N-dealkylation sites (tertiary alicyclic amines) is 1. The molecule has 0 aromatic carbocycles. The molecule has 2 saturated heterocycles. The van der Waals surface area contributed by atoms with E-state index in [1.54, 1.807) is 0 Å². The third-order valence-electron chi connectivity index (χ3n) is 3.79. The highest BCUT2D eigenvalue weighted by atomic mass is 16.2. The summed E-state index contributed by atoms with van der Waals surface area (Å²) in [6, 6.07) is 0.439. The maximum absolute atomic E-state index is 12.1. The molecule has 3 nitrogen and oxygen atoms in total. The minimum atomic E-state index is 0.0929. The molecule has 0 bridgehead atoms. The number of amides is 1. The molecule has 0 saturated carbocycles. The van der Waals surface area contributed by atoms with E-state index in [9.17, 15) is 4.79 Å². The van der Waals surface area contributed by atoms with Crippen molar-refractivity contribution in [1.29, 1.82) is 0 Å². The van der Waals surface area contributed by atoms with Crippen molar-refractivity contribution >= 4 is 5.91 Å². The van der Waals surface area contributed by atoms with E-state index in [1.807, 2.05) is 0 Å². The molecule has 1 unspecified atom stereocenters. The summed E-state index contributed by atoms with van der Waals surface area (Å²) >= 11 is 0. The van der Waals surface area contributed by atoms with Crippen molar-refractivity contribution < 1.29 is 4.79 Å². The number of nitrogens with one attached hydrogen (secondary N) is 1. The Morgan fingerprint density at radius 2 is 2.27 bits per heavy atom. The molecule has 1 atom stereocenters. The van der Waals surface area contributed by atoms with Gasteiger partial charge in [0.2, 0.25) is 5.91 Å². The Bertz CT molecular complexity index is 244. The Balaban J connectivity index is 1.89. The van der Waals surface area contributed by atoms with Gasteiger partial charge in [0.15, 0.2) is 0 Å². The predicted octanol–water partition coefficient (Wildman–Crippen LogP) is 1.53. The van der Waals surface area contributed by atoms with Crippen LogP contribution in [0.1, 0.15) is 46.0 Å². The van der Waals surface area contributed by atoms with Gasteiger partial charge in [-0.1, -0.05) is 0 Å². The van der Waals surface area contributed by atoms with E-state index in [4.69, 9.17) is 0 Å². The lowest BCUT2D eigenvalue weighted by Crippen LogP contribution is -2.44. The first-order valence-electron chi connectivity index (χ1n) is 6.13. The molecule has 3 heteroatoms. The smallest absolute Gasteiger partial charge is 0.224 e. The highest BCUT2D eigenvalue weighted by Crippen LogP contribution is 2.29. The van der Waals surface area contributed by atoms with Crippen LogP contribution in [-0.4, -0.2) is 35.5 Å². The average molecular weight is 210 g/mol. The average Bonchev–Trinajstić information content (AvgIpc) is 2.73. The molecular weight excluding hydrogens is 188 g/mol. The van der Waals surface area contributed by atoms with E-state index in [2.05, 4.69) is 24.1 Å². The highest BCUT2D eigenvalue weighted by Gasteiger charge is 2.36. The molecule has 86 valence electrons. The summed E-state index contributed by atoms with van der Waals surface area (Å²) in [4.78, 5) is 14.2. The molecule has 2 fully saturated rings. The fourth-order valence-corrected chi connectivity index (χ4v) is 2.82. The van der Waals surface area contributed by atoms with Gasteiger partial charge in [0, 0.05) is 24.5 Å². The summed E-state index contributed by atoms with van der Waals surface area (Å²) in [5.41, 5.74) is 0.0929. The van der Waals surface area contributed by atoms with Crippen LogP contribution in [0.4, 0.5) is 0 Å². The second-order valence-corrected chi connectivity index (χ2v) is 5.46. The number of hydrogen-bond acceptors (Lipinski definition) is 2. The fourth-order valence-electron chi connectivity index (χ4n) is 2.82. The second kappa shape index (κ2) is 4.12. The number of nitrogens with zero attached hydrogens (tertiary/aromatic N) is 1. The van der Waals surface area contributed by atoms with E-state index >= 15 is 0 Å². The number of rotatable bonds is 2. The SMILES string of the molecule is CC1(C)CCCN1C(=O)CC1CCCN1. The van der Waals surface area contributed by atoms with Crippen molar-refractivity contribution in [2.75, 3.05) is 13.1 Å². The van der Waals surface area contributed by atoms with Gasteiger partial charge in [-0.2, -0.15) is 0 Å². The lowest BCUT2D eigenvalue weighted by Gasteiger charge is -2.32. The Hall–Kier alpha value is -0.570. The van der Waals surface area contributed by atoms with Crippen LogP contribution in [-0.2, 0) is 4.79 Å². The Kier molecular flexibility index (Phi) is 3.01. The van der Waals surface area contributed by atoms with Gasteiger partial charge in [0.25, 0.3) is 0 Å². The van der Waals surface area contributed by atoms with E-state index in [0.717, 1.165) is 25.9 Å². The lowest BCUT2D eigenvalue weighted by molar-refractivity contribution is -0.134. The Morgan fingerprint density at radius 3 is 2.80 bits per heavy atom. The summed E-state index contributed by atoms with van der Waals surface area (Å²) in [5.74, 6) is 0.344. The van der Waals surface area contributed by atoms with Crippen LogP contribution in [0.25, 0.3) is 0 Å². The zero-order valence-electron chi connectivity index (χ0n) is 9.88. The van der Waals surface area contributed by atoms with Crippen molar-refractivity contribution in [2.24, 2.45) is 0 Å². The van der Waals surface area contributed by atoms with Crippen LogP contribution in [0.15, 0.2) is 0 Å². The summed E-state index contributed by atoms with van der Waals surface area (Å²) in [5, 5.41) is 3.39. The summed E-state index contributed by atoms with van der Waals surface area (Å²) in [7, 11) is 0. The van der Waals surface area contributed by atoms with Crippen LogP contribution in [0, 0.1) is 0 Å². The molecule has 0 aromatic rings. The van der Waals surface area contributed by atoms with Crippen LogP contribution in [0.3, 0.4) is 0 Å². The van der Waals surface area contributed by atoms with Gasteiger partial charge in [-0.25, -0.2) is 0 Å². The molecular formula is C12H22N2O. The van der Waals surface area contributed by atoms with Crippen LogP contribution >= 0.6 is 0 Å². The summed E-state index contributed by atoms with van der Waals surface area (Å²) in [6.07, 6.45) is 5.40. The van der Waals surface area contributed by atoms with E-state index in [-0.39, 0.29) is 5.54 Å². The van der Waals surface area contributed by atoms with Crippen LogP contribution in [0.5, 0.6) is 0 Å².